The van der Waals surface area contributed by atoms with E-state index >= 15 is 0 Å². The van der Waals surface area contributed by atoms with Crippen LogP contribution in [0.3, 0.4) is 0 Å². The molecule has 2 aromatic carbocycles. The highest BCUT2D eigenvalue weighted by Crippen LogP contribution is 2.26. The zero-order valence-corrected chi connectivity index (χ0v) is 14.7. The number of alkyl carbamates (subject to hydrolysis) is 1. The lowest BCUT2D eigenvalue weighted by atomic mass is 9.86. The SMILES string of the molecule is CN(C)c1cccc(NC2CC(NC(=O)OCc3ccccc3)C2)c1. The van der Waals surface area contributed by atoms with Gasteiger partial charge in [0.1, 0.15) is 6.61 Å². The lowest BCUT2D eigenvalue weighted by Crippen LogP contribution is -2.49. The molecule has 0 bridgehead atoms. The Morgan fingerprint density at radius 2 is 1.84 bits per heavy atom. The maximum Gasteiger partial charge on any atom is 0.407 e. The van der Waals surface area contributed by atoms with E-state index in [1.807, 2.05) is 50.5 Å². The van der Waals surface area contributed by atoms with Crippen LogP contribution in [-0.4, -0.2) is 32.3 Å². The van der Waals surface area contributed by atoms with E-state index < -0.39 is 0 Å². The summed E-state index contributed by atoms with van der Waals surface area (Å²) in [5.74, 6) is 0. The molecule has 2 aromatic rings. The molecule has 0 heterocycles. The van der Waals surface area contributed by atoms with E-state index in [9.17, 15) is 4.79 Å². The van der Waals surface area contributed by atoms with Crippen molar-refractivity contribution in [3.8, 4) is 0 Å². The van der Waals surface area contributed by atoms with E-state index in [-0.39, 0.29) is 12.1 Å². The smallest absolute Gasteiger partial charge is 0.407 e. The molecule has 0 unspecified atom stereocenters. The molecule has 132 valence electrons. The standard InChI is InChI=1S/C20H25N3O2/c1-23(2)19-10-6-9-16(13-19)21-17-11-18(12-17)22-20(24)25-14-15-7-4-3-5-8-15/h3-10,13,17-18,21H,11-12,14H2,1-2H3,(H,22,24). The lowest BCUT2D eigenvalue weighted by molar-refractivity contribution is 0.129. The zero-order valence-electron chi connectivity index (χ0n) is 14.7. The number of hydrogen-bond donors (Lipinski definition) is 2. The van der Waals surface area contributed by atoms with Gasteiger partial charge in [-0.15, -0.1) is 0 Å². The highest BCUT2D eigenvalue weighted by Gasteiger charge is 2.30. The van der Waals surface area contributed by atoms with Crippen molar-refractivity contribution >= 4 is 17.5 Å². The summed E-state index contributed by atoms with van der Waals surface area (Å²) in [6.45, 7) is 0.304. The van der Waals surface area contributed by atoms with Crippen LogP contribution < -0.4 is 15.5 Å². The normalized spacial score (nSPS) is 18.8. The second-order valence-electron chi connectivity index (χ2n) is 6.66. The van der Waals surface area contributed by atoms with Gasteiger partial charge in [-0.3, -0.25) is 0 Å². The van der Waals surface area contributed by atoms with Crippen LogP contribution in [0.5, 0.6) is 0 Å². The molecule has 1 saturated carbocycles. The summed E-state index contributed by atoms with van der Waals surface area (Å²) in [4.78, 5) is 13.9. The van der Waals surface area contributed by atoms with Gasteiger partial charge in [-0.05, 0) is 36.6 Å². The minimum Gasteiger partial charge on any atom is -0.445 e. The highest BCUT2D eigenvalue weighted by atomic mass is 16.5. The molecule has 3 rings (SSSR count). The van der Waals surface area contributed by atoms with Crippen LogP contribution in [0, 0.1) is 0 Å². The summed E-state index contributed by atoms with van der Waals surface area (Å²) >= 11 is 0. The Morgan fingerprint density at radius 3 is 2.56 bits per heavy atom. The van der Waals surface area contributed by atoms with E-state index in [0.717, 1.165) is 24.1 Å². The van der Waals surface area contributed by atoms with Crippen molar-refractivity contribution in [3.05, 3.63) is 60.2 Å². The summed E-state index contributed by atoms with van der Waals surface area (Å²) in [6.07, 6.45) is 1.47. The lowest BCUT2D eigenvalue weighted by Gasteiger charge is -2.36. The van der Waals surface area contributed by atoms with E-state index in [0.29, 0.717) is 12.6 Å². The molecule has 2 N–H and O–H groups in total. The third-order valence-corrected chi connectivity index (χ3v) is 4.41. The van der Waals surface area contributed by atoms with Crippen LogP contribution in [0.1, 0.15) is 18.4 Å². The molecule has 1 fully saturated rings. The number of nitrogens with one attached hydrogen (secondary N) is 2. The van der Waals surface area contributed by atoms with Crippen molar-refractivity contribution in [2.75, 3.05) is 24.3 Å². The Balaban J connectivity index is 1.38. The fourth-order valence-electron chi connectivity index (χ4n) is 2.89. The monoisotopic (exact) mass is 339 g/mol. The molecule has 0 aliphatic heterocycles. The summed E-state index contributed by atoms with van der Waals surface area (Å²) in [7, 11) is 4.06. The molecule has 0 radical (unpaired) electrons. The van der Waals surface area contributed by atoms with Gasteiger partial charge in [0.05, 0.1) is 0 Å². The quantitative estimate of drug-likeness (QED) is 0.844. The third kappa shape index (κ3) is 4.89. The Kier molecular flexibility index (Phi) is 5.43. The van der Waals surface area contributed by atoms with Gasteiger partial charge in [-0.2, -0.15) is 0 Å². The Bertz CT molecular complexity index is 697. The van der Waals surface area contributed by atoms with Crippen molar-refractivity contribution in [3.63, 3.8) is 0 Å². The van der Waals surface area contributed by atoms with Gasteiger partial charge < -0.3 is 20.3 Å². The average molecular weight is 339 g/mol. The first-order valence-electron chi connectivity index (χ1n) is 8.61. The molecule has 0 spiro atoms. The molecule has 1 aliphatic rings. The Morgan fingerprint density at radius 1 is 1.08 bits per heavy atom. The molecule has 5 heteroatoms. The number of anilines is 2. The summed E-state index contributed by atoms with van der Waals surface area (Å²) in [5, 5.41) is 6.44. The third-order valence-electron chi connectivity index (χ3n) is 4.41. The van der Waals surface area contributed by atoms with Gasteiger partial charge in [-0.25, -0.2) is 4.79 Å². The molecular formula is C20H25N3O2. The van der Waals surface area contributed by atoms with Crippen molar-refractivity contribution in [1.29, 1.82) is 0 Å². The molecule has 5 nitrogen and oxygen atoms in total. The highest BCUT2D eigenvalue weighted by molar-refractivity contribution is 5.68. The topological polar surface area (TPSA) is 53.6 Å². The average Bonchev–Trinajstić information content (AvgIpc) is 2.59. The maximum absolute atomic E-state index is 11.8. The largest absolute Gasteiger partial charge is 0.445 e. The van der Waals surface area contributed by atoms with Gasteiger partial charge in [0, 0.05) is 37.6 Å². The van der Waals surface area contributed by atoms with Gasteiger partial charge >= 0.3 is 6.09 Å². The molecule has 1 aliphatic carbocycles. The molecular weight excluding hydrogens is 314 g/mol. The number of hydrogen-bond acceptors (Lipinski definition) is 4. The summed E-state index contributed by atoms with van der Waals surface area (Å²) < 4.78 is 5.25. The van der Waals surface area contributed by atoms with E-state index in [1.54, 1.807) is 0 Å². The fourth-order valence-corrected chi connectivity index (χ4v) is 2.89. The minimum absolute atomic E-state index is 0.179. The molecule has 0 aromatic heterocycles. The number of nitrogens with zero attached hydrogens (tertiary/aromatic N) is 1. The molecule has 1 amide bonds. The van der Waals surface area contributed by atoms with Crippen LogP contribution in [0.25, 0.3) is 0 Å². The molecule has 0 atom stereocenters. The first-order chi connectivity index (χ1) is 12.1. The van der Waals surface area contributed by atoms with Gasteiger partial charge in [-0.1, -0.05) is 36.4 Å². The number of benzene rings is 2. The molecule has 0 saturated heterocycles. The Hall–Kier alpha value is -2.69. The van der Waals surface area contributed by atoms with Crippen LogP contribution in [-0.2, 0) is 11.3 Å². The van der Waals surface area contributed by atoms with E-state index in [1.165, 1.54) is 5.69 Å². The molecule has 25 heavy (non-hydrogen) atoms. The zero-order chi connectivity index (χ0) is 17.6. The number of carbonyl (C=O) groups is 1. The summed E-state index contributed by atoms with van der Waals surface area (Å²) in [5.41, 5.74) is 3.27. The number of rotatable bonds is 6. The first-order valence-corrected chi connectivity index (χ1v) is 8.61. The van der Waals surface area contributed by atoms with E-state index in [2.05, 4.69) is 33.7 Å². The Labute approximate surface area is 149 Å². The van der Waals surface area contributed by atoms with Gasteiger partial charge in [0.2, 0.25) is 0 Å². The van der Waals surface area contributed by atoms with Gasteiger partial charge in [0.15, 0.2) is 0 Å². The number of amides is 1. The van der Waals surface area contributed by atoms with Crippen LogP contribution in [0.2, 0.25) is 0 Å². The van der Waals surface area contributed by atoms with Gasteiger partial charge in [0.25, 0.3) is 0 Å². The van der Waals surface area contributed by atoms with Crippen LogP contribution >= 0.6 is 0 Å². The van der Waals surface area contributed by atoms with Crippen molar-refractivity contribution < 1.29 is 9.53 Å². The van der Waals surface area contributed by atoms with Crippen molar-refractivity contribution in [2.24, 2.45) is 0 Å². The second kappa shape index (κ2) is 7.92. The second-order valence-corrected chi connectivity index (χ2v) is 6.66. The van der Waals surface area contributed by atoms with Crippen LogP contribution in [0.4, 0.5) is 16.2 Å². The van der Waals surface area contributed by atoms with Crippen molar-refractivity contribution in [1.82, 2.24) is 5.32 Å². The number of ether oxygens (including phenoxy) is 1. The predicted octanol–water partition coefficient (Wildman–Crippen LogP) is 3.62. The first kappa shape index (κ1) is 17.1. The summed E-state index contributed by atoms with van der Waals surface area (Å²) in [6, 6.07) is 18.6. The number of carbonyl (C=O) groups excluding carboxylic acids is 1. The predicted molar refractivity (Wildman–Crippen MR) is 101 cm³/mol. The van der Waals surface area contributed by atoms with Crippen molar-refractivity contribution in [2.45, 2.75) is 31.5 Å². The van der Waals surface area contributed by atoms with Crippen LogP contribution in [0.15, 0.2) is 54.6 Å². The fraction of sp³-hybridized carbons (Fsp3) is 0.350. The van der Waals surface area contributed by atoms with E-state index in [4.69, 9.17) is 4.74 Å². The minimum atomic E-state index is -0.345. The maximum atomic E-state index is 11.8.